The Hall–Kier alpha value is -3.25. The maximum absolute atomic E-state index is 12.6. The van der Waals surface area contributed by atoms with Gasteiger partial charge in [-0.1, -0.05) is 11.6 Å². The van der Waals surface area contributed by atoms with Gasteiger partial charge in [0.2, 0.25) is 0 Å². The van der Waals surface area contributed by atoms with Crippen LogP contribution in [0.4, 0.5) is 11.4 Å². The smallest absolute Gasteiger partial charge is 0.259 e. The first-order chi connectivity index (χ1) is 12.9. The third kappa shape index (κ3) is 3.27. The topological polar surface area (TPSA) is 80.6 Å². The Morgan fingerprint density at radius 2 is 1.85 bits per heavy atom. The molecule has 0 radical (unpaired) electrons. The maximum atomic E-state index is 12.6. The number of carbonyl (C=O) groups excluding carboxylic acids is 2. The summed E-state index contributed by atoms with van der Waals surface area (Å²) in [7, 11) is 0. The Morgan fingerprint density at radius 3 is 2.59 bits per heavy atom. The first-order valence-electron chi connectivity index (χ1n) is 8.22. The van der Waals surface area contributed by atoms with Crippen molar-refractivity contribution in [3.8, 4) is 11.5 Å². The van der Waals surface area contributed by atoms with Crippen LogP contribution in [0.5, 0.6) is 11.5 Å². The molecule has 1 aliphatic rings. The second-order valence-electron chi connectivity index (χ2n) is 6.19. The molecular formula is C20H15ClN2O4. The number of halogens is 1. The number of hydrogen-bond donors (Lipinski definition) is 2. The highest BCUT2D eigenvalue weighted by atomic mass is 35.5. The van der Waals surface area contributed by atoms with E-state index in [1.165, 1.54) is 0 Å². The minimum absolute atomic E-state index is 0.306. The Labute approximate surface area is 160 Å². The predicted octanol–water partition coefficient (Wildman–Crippen LogP) is 5.16. The molecule has 2 heterocycles. The SMILES string of the molecule is Cc1cc(C(=O)Nc2ccc3c(c2)C(=O)Nc2cc(Cl)ccc2O3)c(C)o1. The second kappa shape index (κ2) is 6.48. The molecule has 0 spiro atoms. The second-order valence-corrected chi connectivity index (χ2v) is 6.63. The molecule has 0 fully saturated rings. The summed E-state index contributed by atoms with van der Waals surface area (Å²) >= 11 is 5.98. The number of benzene rings is 2. The molecule has 3 aromatic rings. The molecule has 0 saturated heterocycles. The van der Waals surface area contributed by atoms with Crippen molar-refractivity contribution in [2.45, 2.75) is 13.8 Å². The van der Waals surface area contributed by atoms with Crippen LogP contribution in [-0.4, -0.2) is 11.8 Å². The van der Waals surface area contributed by atoms with E-state index in [4.69, 9.17) is 20.8 Å². The maximum Gasteiger partial charge on any atom is 0.259 e. The average molecular weight is 383 g/mol. The zero-order valence-corrected chi connectivity index (χ0v) is 15.3. The quantitative estimate of drug-likeness (QED) is 0.641. The monoisotopic (exact) mass is 382 g/mol. The van der Waals surface area contributed by atoms with E-state index in [1.54, 1.807) is 56.3 Å². The lowest BCUT2D eigenvalue weighted by molar-refractivity contribution is 0.101. The first-order valence-corrected chi connectivity index (χ1v) is 8.60. The zero-order chi connectivity index (χ0) is 19.1. The van der Waals surface area contributed by atoms with Gasteiger partial charge < -0.3 is 19.8 Å². The van der Waals surface area contributed by atoms with Crippen molar-refractivity contribution in [2.24, 2.45) is 0 Å². The number of ether oxygens (including phenoxy) is 1. The third-order valence-corrected chi connectivity index (χ3v) is 4.41. The fourth-order valence-corrected chi connectivity index (χ4v) is 3.10. The highest BCUT2D eigenvalue weighted by Gasteiger charge is 2.22. The molecule has 136 valence electrons. The van der Waals surface area contributed by atoms with Crippen LogP contribution in [0.3, 0.4) is 0 Å². The minimum Gasteiger partial charge on any atom is -0.466 e. The molecule has 0 atom stereocenters. The van der Waals surface area contributed by atoms with E-state index in [9.17, 15) is 9.59 Å². The van der Waals surface area contributed by atoms with Crippen molar-refractivity contribution in [1.82, 2.24) is 0 Å². The number of nitrogens with one attached hydrogen (secondary N) is 2. The highest BCUT2D eigenvalue weighted by Crippen LogP contribution is 2.38. The lowest BCUT2D eigenvalue weighted by Gasteiger charge is -2.09. The number of carbonyl (C=O) groups is 2. The van der Waals surface area contributed by atoms with E-state index in [2.05, 4.69) is 10.6 Å². The van der Waals surface area contributed by atoms with Crippen LogP contribution in [0.2, 0.25) is 5.02 Å². The van der Waals surface area contributed by atoms with Gasteiger partial charge in [-0.2, -0.15) is 0 Å². The normalized spacial score (nSPS) is 12.3. The fourth-order valence-electron chi connectivity index (χ4n) is 2.93. The third-order valence-electron chi connectivity index (χ3n) is 4.18. The summed E-state index contributed by atoms with van der Waals surface area (Å²) in [6, 6.07) is 11.5. The molecule has 0 unspecified atom stereocenters. The lowest BCUT2D eigenvalue weighted by atomic mass is 10.1. The molecule has 0 aliphatic carbocycles. The van der Waals surface area contributed by atoms with Crippen molar-refractivity contribution in [3.63, 3.8) is 0 Å². The summed E-state index contributed by atoms with van der Waals surface area (Å²) < 4.78 is 11.2. The minimum atomic E-state index is -0.350. The molecule has 4 rings (SSSR count). The summed E-state index contributed by atoms with van der Waals surface area (Å²) in [5.74, 6) is 1.42. The Morgan fingerprint density at radius 1 is 1.07 bits per heavy atom. The molecule has 27 heavy (non-hydrogen) atoms. The zero-order valence-electron chi connectivity index (χ0n) is 14.6. The molecule has 6 nitrogen and oxygen atoms in total. The van der Waals surface area contributed by atoms with Gasteiger partial charge in [0.05, 0.1) is 16.8 Å². The van der Waals surface area contributed by atoms with Crippen molar-refractivity contribution in [2.75, 3.05) is 10.6 Å². The molecule has 0 saturated carbocycles. The molecule has 1 aromatic heterocycles. The summed E-state index contributed by atoms with van der Waals surface area (Å²) in [4.78, 5) is 25.0. The van der Waals surface area contributed by atoms with Crippen LogP contribution in [-0.2, 0) is 0 Å². The van der Waals surface area contributed by atoms with Crippen LogP contribution in [0.25, 0.3) is 0 Å². The Balaban J connectivity index is 1.64. The van der Waals surface area contributed by atoms with E-state index >= 15 is 0 Å². The number of furan rings is 1. The van der Waals surface area contributed by atoms with Gasteiger partial charge in [-0.25, -0.2) is 0 Å². The number of fused-ring (bicyclic) bond motifs is 2. The Kier molecular flexibility index (Phi) is 4.12. The summed E-state index contributed by atoms with van der Waals surface area (Å²) in [6.45, 7) is 3.50. The summed E-state index contributed by atoms with van der Waals surface area (Å²) in [5.41, 5.74) is 1.71. The predicted molar refractivity (Wildman–Crippen MR) is 102 cm³/mol. The Bertz CT molecular complexity index is 1090. The molecule has 2 N–H and O–H groups in total. The molecule has 2 aromatic carbocycles. The largest absolute Gasteiger partial charge is 0.466 e. The van der Waals surface area contributed by atoms with E-state index < -0.39 is 0 Å². The van der Waals surface area contributed by atoms with Gasteiger partial charge >= 0.3 is 0 Å². The highest BCUT2D eigenvalue weighted by molar-refractivity contribution is 6.31. The molecule has 2 amide bonds. The number of amides is 2. The van der Waals surface area contributed by atoms with Crippen LogP contribution in [0.15, 0.2) is 46.9 Å². The fraction of sp³-hybridized carbons (Fsp3) is 0.100. The van der Waals surface area contributed by atoms with Crippen LogP contribution in [0, 0.1) is 13.8 Å². The van der Waals surface area contributed by atoms with E-state index in [1.807, 2.05) is 0 Å². The molecule has 7 heteroatoms. The standard InChI is InChI=1S/C20H15ClN2O4/c1-10-7-14(11(2)26-10)19(24)22-13-4-6-17-15(9-13)20(25)23-16-8-12(21)3-5-18(16)27-17/h3-9H,1-2H3,(H,22,24)(H,23,25). The number of anilines is 2. The number of aryl methyl sites for hydroxylation is 2. The number of hydrogen-bond acceptors (Lipinski definition) is 4. The number of rotatable bonds is 2. The van der Waals surface area contributed by atoms with E-state index in [-0.39, 0.29) is 11.8 Å². The van der Waals surface area contributed by atoms with Crippen molar-refractivity contribution < 1.29 is 18.7 Å². The van der Waals surface area contributed by atoms with E-state index in [0.717, 1.165) is 0 Å². The van der Waals surface area contributed by atoms with Crippen LogP contribution < -0.4 is 15.4 Å². The van der Waals surface area contributed by atoms with Gasteiger partial charge in [0, 0.05) is 10.7 Å². The van der Waals surface area contributed by atoms with Crippen molar-refractivity contribution in [1.29, 1.82) is 0 Å². The molecule has 1 aliphatic heterocycles. The summed E-state index contributed by atoms with van der Waals surface area (Å²) in [5, 5.41) is 6.03. The molecular weight excluding hydrogens is 368 g/mol. The van der Waals surface area contributed by atoms with Gasteiger partial charge in [0.15, 0.2) is 5.75 Å². The molecule has 0 bridgehead atoms. The first kappa shape index (κ1) is 17.2. The lowest BCUT2D eigenvalue weighted by Crippen LogP contribution is -2.14. The van der Waals surface area contributed by atoms with Gasteiger partial charge in [0.1, 0.15) is 17.3 Å². The van der Waals surface area contributed by atoms with Gasteiger partial charge in [0.25, 0.3) is 11.8 Å². The van der Waals surface area contributed by atoms with Crippen molar-refractivity contribution >= 4 is 34.8 Å². The van der Waals surface area contributed by atoms with Gasteiger partial charge in [-0.3, -0.25) is 9.59 Å². The van der Waals surface area contributed by atoms with Crippen molar-refractivity contribution in [3.05, 3.63) is 70.1 Å². The van der Waals surface area contributed by atoms with Crippen LogP contribution >= 0.6 is 11.6 Å². The van der Waals surface area contributed by atoms with Gasteiger partial charge in [-0.15, -0.1) is 0 Å². The van der Waals surface area contributed by atoms with E-state index in [0.29, 0.717) is 50.5 Å². The summed E-state index contributed by atoms with van der Waals surface area (Å²) in [6.07, 6.45) is 0. The average Bonchev–Trinajstić information content (AvgIpc) is 2.89. The van der Waals surface area contributed by atoms with Crippen LogP contribution in [0.1, 0.15) is 32.2 Å². The van der Waals surface area contributed by atoms with Gasteiger partial charge in [-0.05, 0) is 56.3 Å².